The first-order valence-electron chi connectivity index (χ1n) is 19.2. The molecule has 1 rings (SSSR count). The number of nitrogens with two attached hydrogens (primary N) is 1. The first-order chi connectivity index (χ1) is 25.1. The minimum absolute atomic E-state index is 0.0236. The molecule has 0 spiro atoms. The minimum Gasteiger partial charge on any atom is -0.377 e. The molecule has 1 fully saturated rings. The van der Waals surface area contributed by atoms with Gasteiger partial charge < -0.3 is 39.8 Å². The highest BCUT2D eigenvalue weighted by atomic mass is 28.4. The molecule has 15 nitrogen and oxygen atoms in total. The summed E-state index contributed by atoms with van der Waals surface area (Å²) in [6, 6.07) is 4.68. The lowest BCUT2D eigenvalue weighted by Crippen LogP contribution is -2.43. The van der Waals surface area contributed by atoms with Gasteiger partial charge in [-0.1, -0.05) is 77.1 Å². The average Bonchev–Trinajstić information content (AvgIpc) is 3.36. The Kier molecular flexibility index (Phi) is 35.4. The highest BCUT2D eigenvalue weighted by molar-refractivity contribution is 6.76. The second-order valence-electron chi connectivity index (χ2n) is 16.8. The largest absolute Gasteiger partial charge is 0.500 e. The van der Waals surface area contributed by atoms with E-state index in [2.05, 4.69) is 79.7 Å². The first-order valence-corrected chi connectivity index (χ1v) is 32.3. The Balaban J connectivity index is -0.000000298. The Morgan fingerprint density at radius 2 is 0.855 bits per heavy atom. The van der Waals surface area contributed by atoms with Gasteiger partial charge in [-0.25, -0.2) is 4.79 Å². The van der Waals surface area contributed by atoms with Gasteiger partial charge in [0, 0.05) is 112 Å². The smallest absolute Gasteiger partial charge is 0.377 e. The number of imide groups is 1. The minimum atomic E-state index is -2.44. The van der Waals surface area contributed by atoms with Crippen molar-refractivity contribution in [3.05, 3.63) is 0 Å². The molecule has 55 heavy (non-hydrogen) atoms. The van der Waals surface area contributed by atoms with Crippen LogP contribution < -0.4 is 21.7 Å². The van der Waals surface area contributed by atoms with E-state index < -0.39 is 50.8 Å². The van der Waals surface area contributed by atoms with Crippen molar-refractivity contribution >= 4 is 68.5 Å². The lowest BCUT2D eigenvalue weighted by Gasteiger charge is -2.24. The third-order valence-corrected chi connectivity index (χ3v) is 15.7. The fraction of sp³-hybridized carbons (Fsp3) is 0.833. The summed E-state index contributed by atoms with van der Waals surface area (Å²) >= 11 is 0. The van der Waals surface area contributed by atoms with Crippen LogP contribution in [0.3, 0.4) is 0 Å². The summed E-state index contributed by atoms with van der Waals surface area (Å²) < 4.78 is 15.7. The SMILES string of the molecule is CC(=O)NCCC[Si](C)(C)C.CC(=O)NCCC[Si](C)(C)C.CC(=O)ON1C(=O)CCC1=O.CO[Si](CCCNC(C)=O)(OC)OC.C[Si](C)(C)CCCN. The van der Waals surface area contributed by atoms with Crippen LogP contribution in [0.1, 0.15) is 66.2 Å². The van der Waals surface area contributed by atoms with Crippen LogP contribution in [0.4, 0.5) is 0 Å². The van der Waals surface area contributed by atoms with E-state index in [1.54, 1.807) is 35.2 Å². The number of hydroxylamine groups is 2. The first kappa shape index (κ1) is 59.4. The molecule has 0 aromatic heterocycles. The number of carbonyl (C=O) groups excluding carboxylic acids is 6. The van der Waals surface area contributed by atoms with Crippen molar-refractivity contribution in [3.63, 3.8) is 0 Å². The van der Waals surface area contributed by atoms with Crippen molar-refractivity contribution < 1.29 is 46.9 Å². The molecule has 19 heteroatoms. The van der Waals surface area contributed by atoms with E-state index in [0.29, 0.717) is 17.7 Å². The maximum absolute atomic E-state index is 10.7. The highest BCUT2D eigenvalue weighted by Gasteiger charge is 2.36. The summed E-state index contributed by atoms with van der Waals surface area (Å²) in [6.45, 7) is 30.2. The van der Waals surface area contributed by atoms with Crippen LogP contribution in [-0.4, -0.2) is 121 Å². The van der Waals surface area contributed by atoms with Gasteiger partial charge in [-0.05, 0) is 32.2 Å². The van der Waals surface area contributed by atoms with E-state index in [9.17, 15) is 28.8 Å². The van der Waals surface area contributed by atoms with Gasteiger partial charge in [-0.3, -0.25) is 24.0 Å². The van der Waals surface area contributed by atoms with E-state index in [-0.39, 0.29) is 30.6 Å². The maximum Gasteiger partial charge on any atom is 0.500 e. The van der Waals surface area contributed by atoms with Gasteiger partial charge in [0.15, 0.2) is 0 Å². The van der Waals surface area contributed by atoms with Crippen LogP contribution in [0.15, 0.2) is 0 Å². The van der Waals surface area contributed by atoms with Gasteiger partial charge in [-0.15, -0.1) is 5.06 Å². The standard InChI is InChI=1S/C8H19NO4Si.2C8H19NOSi.C6H7NO4.C6H17NSi/c1-8(10)9-6-5-7-14(11-2,12-3)13-4;2*1-8(10)9-6-5-7-11(2,3)4;1-4(8)11-7-5(9)2-3-6(7)10;1-8(2,3)6-4-5-7/h5-7H2,1-4H3,(H,9,10);2*5-7H2,1-4H3,(H,9,10);2-3H2,1H3;4-7H2,1-3H3. The van der Waals surface area contributed by atoms with Crippen LogP contribution in [0, 0.1) is 0 Å². The second kappa shape index (κ2) is 32.8. The van der Waals surface area contributed by atoms with E-state index in [1.165, 1.54) is 31.5 Å². The Labute approximate surface area is 338 Å². The maximum atomic E-state index is 10.7. The summed E-state index contributed by atoms with van der Waals surface area (Å²) in [5.41, 5.74) is 5.36. The Morgan fingerprint density at radius 3 is 1.07 bits per heavy atom. The molecule has 1 aliphatic heterocycles. The summed E-state index contributed by atoms with van der Waals surface area (Å²) in [6.07, 6.45) is 4.54. The molecule has 0 aliphatic carbocycles. The fourth-order valence-electron chi connectivity index (χ4n) is 4.31. The van der Waals surface area contributed by atoms with Gasteiger partial charge in [0.25, 0.3) is 11.8 Å². The Bertz CT molecular complexity index is 1040. The van der Waals surface area contributed by atoms with Gasteiger partial charge in [-0.2, -0.15) is 0 Å². The Hall–Kier alpha value is -2.27. The summed E-state index contributed by atoms with van der Waals surface area (Å²) in [5.74, 6) is -1.42. The molecule has 326 valence electrons. The molecular formula is C36H81N5O10Si4. The zero-order valence-corrected chi connectivity index (χ0v) is 41.5. The summed E-state index contributed by atoms with van der Waals surface area (Å²) in [7, 11) is -0.217. The average molecular weight is 856 g/mol. The normalized spacial score (nSPS) is 12.6. The van der Waals surface area contributed by atoms with Crippen LogP contribution in [0.2, 0.25) is 83.1 Å². The van der Waals surface area contributed by atoms with Crippen molar-refractivity contribution in [1.82, 2.24) is 21.0 Å². The van der Waals surface area contributed by atoms with Gasteiger partial charge in [0.05, 0.1) is 0 Å². The molecule has 0 atom stereocenters. The molecule has 0 unspecified atom stereocenters. The molecule has 5 N–H and O–H groups in total. The number of hydrogen-bond donors (Lipinski definition) is 4. The Morgan fingerprint density at radius 1 is 0.564 bits per heavy atom. The van der Waals surface area contributed by atoms with E-state index >= 15 is 0 Å². The molecule has 5 amide bonds. The predicted octanol–water partition coefficient (Wildman–Crippen LogP) is 5.38. The molecule has 0 aromatic carbocycles. The number of amides is 5. The summed E-state index contributed by atoms with van der Waals surface area (Å²) in [5, 5.41) is 8.83. The van der Waals surface area contributed by atoms with Crippen LogP contribution in [0.25, 0.3) is 0 Å². The third kappa shape index (κ3) is 46.0. The number of carbonyl (C=O) groups is 6. The van der Waals surface area contributed by atoms with Crippen molar-refractivity contribution in [2.24, 2.45) is 5.73 Å². The lowest BCUT2D eigenvalue weighted by molar-refractivity contribution is -0.195. The van der Waals surface area contributed by atoms with Crippen LogP contribution in [-0.2, 0) is 46.9 Å². The van der Waals surface area contributed by atoms with Crippen LogP contribution in [0.5, 0.6) is 0 Å². The molecule has 1 saturated heterocycles. The predicted molar refractivity (Wildman–Crippen MR) is 232 cm³/mol. The molecule has 0 bridgehead atoms. The van der Waals surface area contributed by atoms with E-state index in [0.717, 1.165) is 45.8 Å². The van der Waals surface area contributed by atoms with Crippen LogP contribution >= 0.6 is 0 Å². The molecule has 0 aromatic rings. The lowest BCUT2D eigenvalue weighted by atomic mass is 10.4. The quantitative estimate of drug-likeness (QED) is 0.0738. The van der Waals surface area contributed by atoms with Crippen molar-refractivity contribution in [2.45, 2.75) is 149 Å². The van der Waals surface area contributed by atoms with E-state index in [1.807, 2.05) is 0 Å². The van der Waals surface area contributed by atoms with Crippen molar-refractivity contribution in [2.75, 3.05) is 47.5 Å². The zero-order valence-electron chi connectivity index (χ0n) is 37.5. The molecule has 1 heterocycles. The second-order valence-corrected chi connectivity index (χ2v) is 36.7. The van der Waals surface area contributed by atoms with Gasteiger partial charge in [0.1, 0.15) is 0 Å². The number of hydrogen-bond acceptors (Lipinski definition) is 11. The third-order valence-electron chi connectivity index (χ3n) is 7.28. The summed E-state index contributed by atoms with van der Waals surface area (Å²) in [4.78, 5) is 67.7. The monoisotopic (exact) mass is 856 g/mol. The van der Waals surface area contributed by atoms with Crippen molar-refractivity contribution in [3.8, 4) is 0 Å². The molecule has 1 aliphatic rings. The van der Waals surface area contributed by atoms with Gasteiger partial charge in [0.2, 0.25) is 17.7 Å². The number of nitrogens with one attached hydrogen (secondary N) is 3. The fourth-order valence-corrected chi connectivity index (χ4v) is 9.77. The number of nitrogens with zero attached hydrogens (tertiary/aromatic N) is 1. The number of rotatable bonds is 19. The van der Waals surface area contributed by atoms with Gasteiger partial charge >= 0.3 is 14.8 Å². The van der Waals surface area contributed by atoms with Crippen molar-refractivity contribution in [1.29, 1.82) is 0 Å². The molecule has 0 radical (unpaired) electrons. The van der Waals surface area contributed by atoms with E-state index in [4.69, 9.17) is 19.0 Å². The highest BCUT2D eigenvalue weighted by Crippen LogP contribution is 2.15. The zero-order chi connectivity index (χ0) is 43.9. The topological polar surface area (TPSA) is 205 Å². The molecular weight excluding hydrogens is 775 g/mol. The molecule has 0 saturated carbocycles.